The summed E-state index contributed by atoms with van der Waals surface area (Å²) in [5.74, 6) is -6.78. The number of fused-ring (bicyclic) bond motifs is 1. The number of aromatic nitrogens is 6. The zero-order chi connectivity index (χ0) is 31.2. The molecule has 2 saturated heterocycles. The van der Waals surface area contributed by atoms with Crippen LogP contribution in [0.25, 0.3) is 5.78 Å². The van der Waals surface area contributed by atoms with E-state index in [4.69, 9.17) is 4.74 Å². The van der Waals surface area contributed by atoms with Crippen LogP contribution in [0.3, 0.4) is 0 Å². The van der Waals surface area contributed by atoms with Gasteiger partial charge in [0.15, 0.2) is 0 Å². The van der Waals surface area contributed by atoms with Gasteiger partial charge in [-0.05, 0) is 44.1 Å². The fourth-order valence-corrected chi connectivity index (χ4v) is 6.35. The molecule has 6 rings (SSSR count). The molecule has 16 heteroatoms. The number of hydrogen-bond donors (Lipinski definition) is 2. The summed E-state index contributed by atoms with van der Waals surface area (Å²) >= 11 is 0. The molecular weight excluding hydrogens is 588 g/mol. The van der Waals surface area contributed by atoms with Crippen LogP contribution in [0, 0.1) is 5.92 Å². The Hall–Kier alpha value is -3.66. The van der Waals surface area contributed by atoms with Crippen molar-refractivity contribution >= 4 is 17.6 Å². The van der Waals surface area contributed by atoms with Crippen LogP contribution >= 0.6 is 0 Å². The van der Waals surface area contributed by atoms with Crippen molar-refractivity contribution in [2.45, 2.75) is 87.5 Å². The Morgan fingerprint density at radius 3 is 2.50 bits per heavy atom. The van der Waals surface area contributed by atoms with Gasteiger partial charge >= 0.3 is 0 Å². The molecule has 3 fully saturated rings. The van der Waals surface area contributed by atoms with Gasteiger partial charge in [-0.1, -0.05) is 0 Å². The second-order valence-corrected chi connectivity index (χ2v) is 12.0. The number of rotatable bonds is 6. The van der Waals surface area contributed by atoms with E-state index in [0.717, 1.165) is 0 Å². The van der Waals surface area contributed by atoms with E-state index in [2.05, 4.69) is 25.5 Å². The highest BCUT2D eigenvalue weighted by Gasteiger charge is 2.43. The molecule has 3 aliphatic rings. The molecule has 3 aromatic rings. The molecular formula is C28H34F4N8O4. The highest BCUT2D eigenvalue weighted by atomic mass is 19.3. The van der Waals surface area contributed by atoms with Gasteiger partial charge in [0.2, 0.25) is 5.92 Å². The number of carbonyl (C=O) groups is 2. The first-order valence-electron chi connectivity index (χ1n) is 14.8. The molecule has 0 aromatic carbocycles. The third-order valence-corrected chi connectivity index (χ3v) is 8.87. The Bertz CT molecular complexity index is 1510. The molecule has 5 heterocycles. The van der Waals surface area contributed by atoms with Gasteiger partial charge in [0.1, 0.15) is 18.4 Å². The minimum Gasteiger partial charge on any atom is -0.393 e. The van der Waals surface area contributed by atoms with Gasteiger partial charge in [0.25, 0.3) is 23.5 Å². The molecule has 1 saturated carbocycles. The molecule has 1 aliphatic carbocycles. The van der Waals surface area contributed by atoms with E-state index in [1.54, 1.807) is 19.3 Å². The van der Waals surface area contributed by atoms with Crippen molar-refractivity contribution in [1.82, 2.24) is 39.6 Å². The van der Waals surface area contributed by atoms with Crippen LogP contribution < -0.4 is 5.32 Å². The molecule has 2 aliphatic heterocycles. The lowest BCUT2D eigenvalue weighted by atomic mass is 9.81. The summed E-state index contributed by atoms with van der Waals surface area (Å²) in [5, 5.41) is 21.8. The SMILES string of the molecule is Cn1nccc1C(=O)N[C@H](c1cn2ncc(C3CC(O)CCN3C(=O)[C@@H]3CCC(F)(F)CO3)nc2n1)C1CCC(F)(F)CC1. The Labute approximate surface area is 249 Å². The molecule has 0 bridgehead atoms. The first-order chi connectivity index (χ1) is 20.9. The van der Waals surface area contributed by atoms with Crippen LogP contribution in [-0.4, -0.2) is 88.4 Å². The fraction of sp³-hybridized carbons (Fsp3) is 0.643. The maximum atomic E-state index is 14.0. The molecule has 4 atom stereocenters. The van der Waals surface area contributed by atoms with Gasteiger partial charge in [-0.2, -0.15) is 10.2 Å². The Morgan fingerprint density at radius 1 is 1.07 bits per heavy atom. The number of alkyl halides is 4. The lowest BCUT2D eigenvalue weighted by Gasteiger charge is -2.40. The third-order valence-electron chi connectivity index (χ3n) is 8.87. The Morgan fingerprint density at radius 2 is 1.82 bits per heavy atom. The number of hydrogen-bond acceptors (Lipinski definition) is 8. The number of ether oxygens (including phenoxy) is 1. The van der Waals surface area contributed by atoms with Crippen molar-refractivity contribution in [3.05, 3.63) is 41.7 Å². The monoisotopic (exact) mass is 622 g/mol. The smallest absolute Gasteiger partial charge is 0.271 e. The fourth-order valence-electron chi connectivity index (χ4n) is 6.35. The number of piperidine rings is 1. The van der Waals surface area contributed by atoms with Gasteiger partial charge < -0.3 is 20.1 Å². The molecule has 2 N–H and O–H groups in total. The quantitative estimate of drug-likeness (QED) is 0.400. The average Bonchev–Trinajstić information content (AvgIpc) is 3.61. The molecule has 12 nitrogen and oxygen atoms in total. The molecule has 2 amide bonds. The summed E-state index contributed by atoms with van der Waals surface area (Å²) in [7, 11) is 1.62. The van der Waals surface area contributed by atoms with E-state index >= 15 is 0 Å². The number of nitrogens with zero attached hydrogens (tertiary/aromatic N) is 7. The number of aliphatic hydroxyl groups is 1. The van der Waals surface area contributed by atoms with Crippen LogP contribution in [0.1, 0.15) is 85.3 Å². The van der Waals surface area contributed by atoms with Gasteiger partial charge in [0.05, 0.1) is 42.0 Å². The van der Waals surface area contributed by atoms with Crippen LogP contribution in [0.15, 0.2) is 24.7 Å². The summed E-state index contributed by atoms with van der Waals surface area (Å²) in [4.78, 5) is 37.3. The van der Waals surface area contributed by atoms with Gasteiger partial charge in [-0.3, -0.25) is 14.3 Å². The summed E-state index contributed by atoms with van der Waals surface area (Å²) < 4.78 is 63.3. The van der Waals surface area contributed by atoms with Gasteiger partial charge in [0, 0.05) is 39.1 Å². The van der Waals surface area contributed by atoms with Crippen molar-refractivity contribution in [3.63, 3.8) is 0 Å². The van der Waals surface area contributed by atoms with Crippen molar-refractivity contribution in [3.8, 4) is 0 Å². The molecule has 44 heavy (non-hydrogen) atoms. The van der Waals surface area contributed by atoms with Crippen LogP contribution in [0.4, 0.5) is 17.6 Å². The van der Waals surface area contributed by atoms with E-state index < -0.39 is 61.0 Å². The van der Waals surface area contributed by atoms with E-state index in [1.165, 1.54) is 26.5 Å². The molecule has 0 spiro atoms. The summed E-state index contributed by atoms with van der Waals surface area (Å²) in [6, 6.07) is 0.142. The number of aliphatic hydroxyl groups excluding tert-OH is 1. The second-order valence-electron chi connectivity index (χ2n) is 12.0. The van der Waals surface area contributed by atoms with E-state index in [0.29, 0.717) is 23.5 Å². The lowest BCUT2D eigenvalue weighted by molar-refractivity contribution is -0.174. The van der Waals surface area contributed by atoms with Crippen LogP contribution in [0.2, 0.25) is 0 Å². The van der Waals surface area contributed by atoms with Gasteiger partial charge in [-0.15, -0.1) is 0 Å². The summed E-state index contributed by atoms with van der Waals surface area (Å²) in [6.45, 7) is -0.647. The minimum atomic E-state index is -2.98. The molecule has 3 aromatic heterocycles. The van der Waals surface area contributed by atoms with Crippen molar-refractivity contribution < 1.29 is 37.0 Å². The van der Waals surface area contributed by atoms with E-state index in [1.807, 2.05) is 0 Å². The summed E-state index contributed by atoms with van der Waals surface area (Å²) in [5.41, 5.74) is 1.03. The number of carbonyl (C=O) groups excluding carboxylic acids is 2. The highest BCUT2D eigenvalue weighted by molar-refractivity contribution is 5.92. The van der Waals surface area contributed by atoms with Crippen molar-refractivity contribution in [2.24, 2.45) is 13.0 Å². The Balaban J connectivity index is 1.27. The Kier molecular flexibility index (Phi) is 8.07. The molecule has 2 unspecified atom stereocenters. The topological polar surface area (TPSA) is 140 Å². The standard InChI is InChI=1S/C28H34F4N8O4/c1-38-20(5-10-33-38)24(42)37-23(16-2-7-27(29,30)8-3-16)19-14-40-26(36-19)35-18(13-34-40)21-12-17(41)6-11-39(21)25(43)22-4-9-28(31,32)15-44-22/h5,10,13-14,16-17,21-23,41H,2-4,6-9,11-12,15H2,1H3,(H,37,42)/t17?,21?,22-,23-/m0/s1. The third kappa shape index (κ3) is 6.27. The van der Waals surface area contributed by atoms with Crippen molar-refractivity contribution in [1.29, 1.82) is 0 Å². The number of aryl methyl sites for hydroxylation is 1. The number of likely N-dealkylation sites (tertiary alicyclic amines) is 1. The number of amides is 2. The van der Waals surface area contributed by atoms with E-state index in [-0.39, 0.29) is 56.8 Å². The zero-order valence-corrected chi connectivity index (χ0v) is 24.1. The summed E-state index contributed by atoms with van der Waals surface area (Å²) in [6.07, 6.45) is 2.42. The van der Waals surface area contributed by atoms with Gasteiger partial charge in [-0.25, -0.2) is 32.0 Å². The normalized spacial score (nSPS) is 26.4. The maximum absolute atomic E-state index is 14.0. The highest BCUT2D eigenvalue weighted by Crippen LogP contribution is 2.41. The molecule has 238 valence electrons. The first kappa shape index (κ1) is 30.4. The maximum Gasteiger partial charge on any atom is 0.271 e. The minimum absolute atomic E-state index is 0.120. The number of imidazole rings is 1. The predicted octanol–water partition coefficient (Wildman–Crippen LogP) is 2.99. The average molecular weight is 623 g/mol. The van der Waals surface area contributed by atoms with Crippen molar-refractivity contribution in [2.75, 3.05) is 13.2 Å². The van der Waals surface area contributed by atoms with E-state index in [9.17, 15) is 32.3 Å². The van der Waals surface area contributed by atoms with Crippen LogP contribution in [0.5, 0.6) is 0 Å². The first-order valence-corrected chi connectivity index (χ1v) is 14.8. The number of halogens is 4. The molecule has 0 radical (unpaired) electrons. The largest absolute Gasteiger partial charge is 0.393 e. The predicted molar refractivity (Wildman–Crippen MR) is 145 cm³/mol. The second kappa shape index (κ2) is 11.7. The number of nitrogens with one attached hydrogen (secondary N) is 1. The lowest BCUT2D eigenvalue weighted by Crippen LogP contribution is -2.50. The zero-order valence-electron chi connectivity index (χ0n) is 24.1. The van der Waals surface area contributed by atoms with Crippen LogP contribution in [-0.2, 0) is 16.6 Å².